The van der Waals surface area contributed by atoms with Crippen LogP contribution >= 0.6 is 0 Å². The molecule has 0 saturated heterocycles. The first-order valence-corrected chi connectivity index (χ1v) is 7.60. The normalized spacial score (nSPS) is 20.2. The van der Waals surface area contributed by atoms with Crippen LogP contribution in [0.4, 0.5) is 0 Å². The second-order valence-electron chi connectivity index (χ2n) is 5.96. The molecule has 1 unspecified atom stereocenters. The third kappa shape index (κ3) is 5.49. The smallest absolute Gasteiger partial charge is 0.326 e. The first kappa shape index (κ1) is 17.0. The number of nitrogens with one attached hydrogen (secondary N) is 1. The fraction of sp³-hybridized carbons (Fsp3) is 0.867. The highest BCUT2D eigenvalue weighted by Gasteiger charge is 2.27. The molecule has 1 amide bonds. The van der Waals surface area contributed by atoms with Crippen molar-refractivity contribution in [3.63, 3.8) is 0 Å². The van der Waals surface area contributed by atoms with Crippen molar-refractivity contribution < 1.29 is 19.4 Å². The molecule has 2 atom stereocenters. The second-order valence-corrected chi connectivity index (χ2v) is 5.96. The monoisotopic (exact) mass is 285 g/mol. The van der Waals surface area contributed by atoms with Crippen LogP contribution in [0, 0.1) is 5.92 Å². The summed E-state index contributed by atoms with van der Waals surface area (Å²) in [7, 11) is 0. The van der Waals surface area contributed by atoms with E-state index in [1.165, 1.54) is 12.8 Å². The van der Waals surface area contributed by atoms with Crippen LogP contribution < -0.4 is 5.32 Å². The highest BCUT2D eigenvalue weighted by atomic mass is 16.5. The maximum atomic E-state index is 12.0. The largest absolute Gasteiger partial charge is 0.480 e. The van der Waals surface area contributed by atoms with Crippen LogP contribution in [-0.4, -0.2) is 35.2 Å². The van der Waals surface area contributed by atoms with Crippen LogP contribution in [0.2, 0.25) is 0 Å². The third-order valence-corrected chi connectivity index (χ3v) is 3.80. The van der Waals surface area contributed by atoms with Crippen LogP contribution in [-0.2, 0) is 14.3 Å². The van der Waals surface area contributed by atoms with Crippen LogP contribution in [0.1, 0.15) is 59.3 Å². The first-order chi connectivity index (χ1) is 9.41. The molecule has 0 aromatic carbocycles. The van der Waals surface area contributed by atoms with Crippen molar-refractivity contribution >= 4 is 11.9 Å². The van der Waals surface area contributed by atoms with Crippen molar-refractivity contribution in [3.8, 4) is 0 Å². The Labute approximate surface area is 121 Å². The molecular formula is C15H27NO4. The number of carbonyl (C=O) groups is 2. The quantitative estimate of drug-likeness (QED) is 0.734. The van der Waals surface area contributed by atoms with E-state index in [0.29, 0.717) is 0 Å². The van der Waals surface area contributed by atoms with Crippen LogP contribution in [0.5, 0.6) is 0 Å². The third-order valence-electron chi connectivity index (χ3n) is 3.80. The average Bonchev–Trinajstić information content (AvgIpc) is 2.63. The highest BCUT2D eigenvalue weighted by molar-refractivity contribution is 5.86. The van der Waals surface area contributed by atoms with Gasteiger partial charge in [0.2, 0.25) is 5.91 Å². The number of carboxylic acid groups (broad SMARTS) is 1. The van der Waals surface area contributed by atoms with Gasteiger partial charge in [-0.05, 0) is 25.7 Å². The lowest BCUT2D eigenvalue weighted by Gasteiger charge is -2.23. The molecule has 5 heteroatoms. The molecule has 0 aliphatic heterocycles. The van der Waals surface area contributed by atoms with Gasteiger partial charge >= 0.3 is 5.97 Å². The molecule has 20 heavy (non-hydrogen) atoms. The molecule has 1 aliphatic carbocycles. The molecule has 1 fully saturated rings. The first-order valence-electron chi connectivity index (χ1n) is 7.60. The topological polar surface area (TPSA) is 75.6 Å². The molecule has 0 radical (unpaired) electrons. The van der Waals surface area contributed by atoms with Gasteiger partial charge in [-0.2, -0.15) is 0 Å². The molecule has 0 heterocycles. The molecular weight excluding hydrogens is 258 g/mol. The summed E-state index contributed by atoms with van der Waals surface area (Å²) in [5, 5.41) is 11.6. The molecule has 0 aromatic rings. The maximum absolute atomic E-state index is 12.0. The summed E-state index contributed by atoms with van der Waals surface area (Å²) in [5.41, 5.74) is 0. The van der Waals surface area contributed by atoms with Crippen molar-refractivity contribution in [2.75, 3.05) is 0 Å². The van der Waals surface area contributed by atoms with E-state index in [1.54, 1.807) is 20.8 Å². The van der Waals surface area contributed by atoms with Crippen LogP contribution in [0.25, 0.3) is 0 Å². The Balaban J connectivity index is 2.46. The van der Waals surface area contributed by atoms with Gasteiger partial charge in [0.05, 0.1) is 6.10 Å². The number of amides is 1. The van der Waals surface area contributed by atoms with Crippen molar-refractivity contribution in [1.29, 1.82) is 0 Å². The summed E-state index contributed by atoms with van der Waals surface area (Å²) >= 11 is 0. The number of hydrogen-bond donors (Lipinski definition) is 2. The lowest BCUT2D eigenvalue weighted by molar-refractivity contribution is -0.146. The summed E-state index contributed by atoms with van der Waals surface area (Å²) in [4.78, 5) is 23.1. The van der Waals surface area contributed by atoms with Gasteiger partial charge in [0, 0.05) is 0 Å². The van der Waals surface area contributed by atoms with Gasteiger partial charge in [0.15, 0.2) is 0 Å². The molecule has 1 saturated carbocycles. The van der Waals surface area contributed by atoms with E-state index in [9.17, 15) is 9.59 Å². The highest BCUT2D eigenvalue weighted by Crippen LogP contribution is 2.21. The van der Waals surface area contributed by atoms with E-state index in [0.717, 1.165) is 25.7 Å². The Kier molecular flexibility index (Phi) is 6.99. The Morgan fingerprint density at radius 3 is 2.10 bits per heavy atom. The molecule has 116 valence electrons. The van der Waals surface area contributed by atoms with Gasteiger partial charge in [-0.15, -0.1) is 0 Å². The zero-order valence-corrected chi connectivity index (χ0v) is 12.7. The van der Waals surface area contributed by atoms with Crippen molar-refractivity contribution in [3.05, 3.63) is 0 Å². The van der Waals surface area contributed by atoms with Crippen molar-refractivity contribution in [2.45, 2.75) is 77.5 Å². The van der Waals surface area contributed by atoms with Crippen molar-refractivity contribution in [1.82, 2.24) is 5.32 Å². The summed E-state index contributed by atoms with van der Waals surface area (Å²) in [6.45, 7) is 5.24. The maximum Gasteiger partial charge on any atom is 0.326 e. The van der Waals surface area contributed by atoms with Crippen molar-refractivity contribution in [2.24, 2.45) is 5.92 Å². The fourth-order valence-corrected chi connectivity index (χ4v) is 2.51. The Bertz CT molecular complexity index is 322. The molecule has 5 nitrogen and oxygen atoms in total. The molecule has 0 aromatic heterocycles. The zero-order valence-electron chi connectivity index (χ0n) is 12.7. The van der Waals surface area contributed by atoms with Crippen LogP contribution in [0.15, 0.2) is 0 Å². The number of aliphatic carboxylic acids is 1. The number of rotatable bonds is 6. The van der Waals surface area contributed by atoms with E-state index in [4.69, 9.17) is 9.84 Å². The Hall–Kier alpha value is -1.10. The summed E-state index contributed by atoms with van der Waals surface area (Å²) in [6.07, 6.45) is 6.25. The molecule has 1 aliphatic rings. The lowest BCUT2D eigenvalue weighted by atomic mass is 10.0. The standard InChI is InChI=1S/C15H27NO4/c1-10(2)13(15(18)19)16-14(17)11(3)20-12-8-6-4-5-7-9-12/h10-13H,4-9H2,1-3H3,(H,16,17)(H,18,19)/t11?,13-/m1/s1. The second kappa shape index (κ2) is 8.25. The zero-order chi connectivity index (χ0) is 15.1. The predicted octanol–water partition coefficient (Wildman–Crippen LogP) is 2.34. The predicted molar refractivity (Wildman–Crippen MR) is 76.4 cm³/mol. The number of hydrogen-bond acceptors (Lipinski definition) is 3. The number of carboxylic acids is 1. The van der Waals surface area contributed by atoms with Gasteiger partial charge in [-0.3, -0.25) is 4.79 Å². The molecule has 0 spiro atoms. The van der Waals surface area contributed by atoms with E-state index < -0.39 is 18.1 Å². The minimum Gasteiger partial charge on any atom is -0.480 e. The molecule has 2 N–H and O–H groups in total. The molecule has 0 bridgehead atoms. The van der Waals surface area contributed by atoms with Gasteiger partial charge in [-0.25, -0.2) is 4.79 Å². The van der Waals surface area contributed by atoms with Gasteiger partial charge < -0.3 is 15.2 Å². The summed E-state index contributed by atoms with van der Waals surface area (Å²) in [6, 6.07) is -0.859. The van der Waals surface area contributed by atoms with Gasteiger partial charge in [0.1, 0.15) is 12.1 Å². The Morgan fingerprint density at radius 2 is 1.65 bits per heavy atom. The number of carbonyl (C=O) groups excluding carboxylic acids is 1. The SMILES string of the molecule is CC(OC1CCCCCC1)C(=O)N[C@@H](C(=O)O)C(C)C. The molecule has 1 rings (SSSR count). The minimum absolute atomic E-state index is 0.126. The average molecular weight is 285 g/mol. The van der Waals surface area contributed by atoms with Crippen LogP contribution in [0.3, 0.4) is 0 Å². The summed E-state index contributed by atoms with van der Waals surface area (Å²) in [5.74, 6) is -1.49. The van der Waals surface area contributed by atoms with E-state index in [2.05, 4.69) is 5.32 Å². The van der Waals surface area contributed by atoms with Gasteiger partial charge in [0.25, 0.3) is 0 Å². The van der Waals surface area contributed by atoms with E-state index >= 15 is 0 Å². The van der Waals surface area contributed by atoms with Gasteiger partial charge in [-0.1, -0.05) is 39.5 Å². The number of ether oxygens (including phenoxy) is 1. The van der Waals surface area contributed by atoms with E-state index in [-0.39, 0.29) is 17.9 Å². The minimum atomic E-state index is -1.00. The Morgan fingerprint density at radius 1 is 1.10 bits per heavy atom. The summed E-state index contributed by atoms with van der Waals surface area (Å²) < 4.78 is 5.79. The fourth-order valence-electron chi connectivity index (χ4n) is 2.51. The lowest BCUT2D eigenvalue weighted by Crippen LogP contribution is -2.48. The van der Waals surface area contributed by atoms with E-state index in [1.807, 2.05) is 0 Å².